The molecule has 2 aromatic rings. The fraction of sp³-hybridized carbons (Fsp3) is 0.500. The lowest BCUT2D eigenvalue weighted by Gasteiger charge is -2.42. The van der Waals surface area contributed by atoms with Crippen LogP contribution < -0.4 is 15.0 Å². The molecule has 0 aromatic heterocycles. The Kier molecular flexibility index (Phi) is 6.89. The number of anilines is 3. The van der Waals surface area contributed by atoms with Gasteiger partial charge in [0.25, 0.3) is 0 Å². The Labute approximate surface area is 196 Å². The fourth-order valence-corrected chi connectivity index (χ4v) is 5.59. The maximum atomic E-state index is 11.8. The number of nitrogens with zero attached hydrogens (tertiary/aromatic N) is 2. The van der Waals surface area contributed by atoms with E-state index in [4.69, 9.17) is 16.3 Å². The summed E-state index contributed by atoms with van der Waals surface area (Å²) in [6.45, 7) is 9.51. The van der Waals surface area contributed by atoms with Gasteiger partial charge in [-0.15, -0.1) is 0 Å². The number of hydrogen-bond acceptors (Lipinski definition) is 6. The third-order valence-electron chi connectivity index (χ3n) is 6.14. The number of rotatable bonds is 6. The summed E-state index contributed by atoms with van der Waals surface area (Å²) < 4.78 is 29.7. The Bertz CT molecular complexity index is 1070. The number of hydrogen-bond donors (Lipinski definition) is 1. The molecule has 4 rings (SSSR count). The van der Waals surface area contributed by atoms with E-state index in [9.17, 15) is 8.42 Å². The fourth-order valence-electron chi connectivity index (χ4n) is 4.65. The lowest BCUT2D eigenvalue weighted by molar-refractivity contribution is 0.184. The second-order valence-corrected chi connectivity index (χ2v) is 11.6. The second kappa shape index (κ2) is 9.49. The van der Waals surface area contributed by atoms with Gasteiger partial charge in [-0.25, -0.2) is 8.42 Å². The molecule has 0 saturated carbocycles. The van der Waals surface area contributed by atoms with Gasteiger partial charge in [0.15, 0.2) is 15.6 Å². The van der Waals surface area contributed by atoms with E-state index >= 15 is 0 Å². The summed E-state index contributed by atoms with van der Waals surface area (Å²) >= 11 is 6.39. The van der Waals surface area contributed by atoms with Crippen molar-refractivity contribution in [2.75, 3.05) is 49.3 Å². The Morgan fingerprint density at radius 3 is 2.53 bits per heavy atom. The SMILES string of the molecule is CC(C)CN1CCC(N2CCOc3c(Nc4ccc(S(C)(=O)=O)cc4Cl)cccc32)CC1. The number of fused-ring (bicyclic) bond motifs is 1. The Morgan fingerprint density at radius 1 is 1.12 bits per heavy atom. The summed E-state index contributed by atoms with van der Waals surface area (Å²) in [5, 5.41) is 3.70. The summed E-state index contributed by atoms with van der Waals surface area (Å²) in [5.41, 5.74) is 2.58. The maximum Gasteiger partial charge on any atom is 0.175 e. The van der Waals surface area contributed by atoms with Gasteiger partial charge in [0.2, 0.25) is 0 Å². The number of halogens is 1. The van der Waals surface area contributed by atoms with Crippen molar-refractivity contribution in [2.45, 2.75) is 37.6 Å². The molecule has 2 aromatic carbocycles. The zero-order valence-corrected chi connectivity index (χ0v) is 20.5. The number of benzene rings is 2. The highest BCUT2D eigenvalue weighted by molar-refractivity contribution is 7.90. The van der Waals surface area contributed by atoms with Crippen LogP contribution in [0.5, 0.6) is 5.75 Å². The Hall–Kier alpha value is -1.96. The van der Waals surface area contributed by atoms with Gasteiger partial charge in [-0.2, -0.15) is 0 Å². The molecule has 0 unspecified atom stereocenters. The summed E-state index contributed by atoms with van der Waals surface area (Å²) in [4.78, 5) is 5.27. The van der Waals surface area contributed by atoms with Crippen LogP contribution in [0.25, 0.3) is 0 Å². The van der Waals surface area contributed by atoms with Crippen LogP contribution in [0.4, 0.5) is 17.1 Å². The van der Waals surface area contributed by atoms with Gasteiger partial charge in [-0.1, -0.05) is 31.5 Å². The van der Waals surface area contributed by atoms with Crippen molar-refractivity contribution in [1.82, 2.24) is 4.90 Å². The quantitative estimate of drug-likeness (QED) is 0.644. The Morgan fingerprint density at radius 2 is 1.88 bits per heavy atom. The first-order chi connectivity index (χ1) is 15.2. The van der Waals surface area contributed by atoms with Gasteiger partial charge in [0.05, 0.1) is 33.5 Å². The minimum Gasteiger partial charge on any atom is -0.487 e. The van der Waals surface area contributed by atoms with Crippen LogP contribution in [0.2, 0.25) is 5.02 Å². The average molecular weight is 478 g/mol. The number of piperidine rings is 1. The van der Waals surface area contributed by atoms with E-state index in [1.54, 1.807) is 12.1 Å². The van der Waals surface area contributed by atoms with E-state index in [1.165, 1.54) is 18.9 Å². The largest absolute Gasteiger partial charge is 0.487 e. The highest BCUT2D eigenvalue weighted by Crippen LogP contribution is 2.42. The van der Waals surface area contributed by atoms with Crippen molar-refractivity contribution in [3.63, 3.8) is 0 Å². The van der Waals surface area contributed by atoms with Gasteiger partial charge in [0, 0.05) is 31.9 Å². The van der Waals surface area contributed by atoms with Gasteiger partial charge in [-0.3, -0.25) is 0 Å². The highest BCUT2D eigenvalue weighted by atomic mass is 35.5. The number of para-hydroxylation sites is 1. The summed E-state index contributed by atoms with van der Waals surface area (Å²) in [7, 11) is -3.31. The molecule has 8 heteroatoms. The van der Waals surface area contributed by atoms with Crippen molar-refractivity contribution in [1.29, 1.82) is 0 Å². The molecule has 0 atom stereocenters. The molecule has 0 spiro atoms. The van der Waals surface area contributed by atoms with Crippen LogP contribution in [0, 0.1) is 5.92 Å². The third-order valence-corrected chi connectivity index (χ3v) is 7.56. The van der Waals surface area contributed by atoms with Crippen LogP contribution in [0.15, 0.2) is 41.3 Å². The number of nitrogens with one attached hydrogen (secondary N) is 1. The molecule has 0 amide bonds. The number of ether oxygens (including phenoxy) is 1. The normalized spacial score (nSPS) is 17.8. The topological polar surface area (TPSA) is 61.9 Å². The summed E-state index contributed by atoms with van der Waals surface area (Å²) in [6.07, 6.45) is 3.49. The van der Waals surface area contributed by atoms with Crippen LogP contribution >= 0.6 is 11.6 Å². The third kappa shape index (κ3) is 5.16. The van der Waals surface area contributed by atoms with Crippen molar-refractivity contribution < 1.29 is 13.2 Å². The molecule has 174 valence electrons. The van der Waals surface area contributed by atoms with Crippen molar-refractivity contribution in [3.8, 4) is 5.75 Å². The Balaban J connectivity index is 1.53. The smallest absolute Gasteiger partial charge is 0.175 e. The predicted octanol–water partition coefficient (Wildman–Crippen LogP) is 4.81. The van der Waals surface area contributed by atoms with Crippen molar-refractivity contribution in [3.05, 3.63) is 41.4 Å². The second-order valence-electron chi connectivity index (χ2n) is 9.16. The monoisotopic (exact) mass is 477 g/mol. The summed E-state index contributed by atoms with van der Waals surface area (Å²) in [5.74, 6) is 1.52. The van der Waals surface area contributed by atoms with Crippen LogP contribution in [-0.4, -0.2) is 58.4 Å². The lowest BCUT2D eigenvalue weighted by atomic mass is 10.00. The highest BCUT2D eigenvalue weighted by Gasteiger charge is 2.30. The molecule has 1 N–H and O–H groups in total. The first kappa shape index (κ1) is 23.2. The average Bonchev–Trinajstić information content (AvgIpc) is 2.74. The molecule has 2 aliphatic rings. The van der Waals surface area contributed by atoms with E-state index in [0.29, 0.717) is 29.3 Å². The first-order valence-electron chi connectivity index (χ1n) is 11.2. The van der Waals surface area contributed by atoms with Gasteiger partial charge >= 0.3 is 0 Å². The van der Waals surface area contributed by atoms with E-state index in [2.05, 4.69) is 35.0 Å². The number of sulfone groups is 1. The lowest BCUT2D eigenvalue weighted by Crippen LogP contribution is -2.48. The number of likely N-dealkylation sites (tertiary alicyclic amines) is 1. The molecule has 6 nitrogen and oxygen atoms in total. The molecule has 2 aliphatic heterocycles. The zero-order chi connectivity index (χ0) is 22.9. The van der Waals surface area contributed by atoms with Gasteiger partial charge in [0.1, 0.15) is 6.61 Å². The summed E-state index contributed by atoms with van der Waals surface area (Å²) in [6, 6.07) is 11.4. The van der Waals surface area contributed by atoms with E-state index < -0.39 is 9.84 Å². The van der Waals surface area contributed by atoms with Crippen LogP contribution in [-0.2, 0) is 9.84 Å². The van der Waals surface area contributed by atoms with E-state index in [1.807, 2.05) is 12.1 Å². The van der Waals surface area contributed by atoms with Gasteiger partial charge < -0.3 is 19.9 Å². The molecule has 32 heavy (non-hydrogen) atoms. The van der Waals surface area contributed by atoms with Gasteiger partial charge in [-0.05, 0) is 49.1 Å². The molecule has 2 heterocycles. The predicted molar refractivity (Wildman–Crippen MR) is 131 cm³/mol. The molecule has 0 radical (unpaired) electrons. The van der Waals surface area contributed by atoms with Crippen molar-refractivity contribution in [2.24, 2.45) is 5.92 Å². The minimum absolute atomic E-state index is 0.203. The van der Waals surface area contributed by atoms with Crippen LogP contribution in [0.3, 0.4) is 0 Å². The molecule has 1 fully saturated rings. The molecular formula is C24H32ClN3O3S. The molecular weight excluding hydrogens is 446 g/mol. The zero-order valence-electron chi connectivity index (χ0n) is 19.0. The van der Waals surface area contributed by atoms with E-state index in [0.717, 1.165) is 49.6 Å². The van der Waals surface area contributed by atoms with E-state index in [-0.39, 0.29) is 4.90 Å². The minimum atomic E-state index is -3.31. The maximum absolute atomic E-state index is 11.8. The first-order valence-corrected chi connectivity index (χ1v) is 13.5. The standard InChI is InChI=1S/C24H32ClN3O3S/c1-17(2)16-27-11-9-18(10-12-27)28-13-14-31-24-22(5-4-6-23(24)28)26-21-8-7-19(15-20(21)25)32(3,29)30/h4-8,15,17-18,26H,9-14,16H2,1-3H3. The molecule has 0 aliphatic carbocycles. The molecule has 1 saturated heterocycles. The van der Waals surface area contributed by atoms with Crippen LogP contribution in [0.1, 0.15) is 26.7 Å². The molecule has 0 bridgehead atoms. The van der Waals surface area contributed by atoms with Crippen molar-refractivity contribution >= 4 is 38.5 Å².